The van der Waals surface area contributed by atoms with Gasteiger partial charge >= 0.3 is 12.0 Å². The maximum absolute atomic E-state index is 12.3. The molecule has 19 heavy (non-hydrogen) atoms. The molecule has 2 rings (SSSR count). The van der Waals surface area contributed by atoms with Crippen molar-refractivity contribution in [2.24, 2.45) is 0 Å². The molecule has 0 radical (unpaired) electrons. The average Bonchev–Trinajstić information content (AvgIpc) is 3.21. The van der Waals surface area contributed by atoms with E-state index < -0.39 is 11.5 Å². The second kappa shape index (κ2) is 5.00. The van der Waals surface area contributed by atoms with Gasteiger partial charge in [-0.1, -0.05) is 0 Å². The molecule has 2 fully saturated rings. The van der Waals surface area contributed by atoms with Crippen molar-refractivity contribution in [2.75, 3.05) is 33.2 Å². The van der Waals surface area contributed by atoms with Gasteiger partial charge in [-0.15, -0.1) is 0 Å². The number of urea groups is 1. The van der Waals surface area contributed by atoms with Gasteiger partial charge < -0.3 is 14.9 Å². The Kier molecular flexibility index (Phi) is 3.71. The molecule has 0 spiro atoms. The van der Waals surface area contributed by atoms with Crippen molar-refractivity contribution in [2.45, 2.75) is 38.3 Å². The first-order chi connectivity index (χ1) is 8.84. The number of carboxylic acids is 1. The first kappa shape index (κ1) is 14.1. The number of rotatable bonds is 3. The zero-order valence-electron chi connectivity index (χ0n) is 11.9. The van der Waals surface area contributed by atoms with Crippen LogP contribution in [0.1, 0.15) is 26.7 Å². The Morgan fingerprint density at radius 3 is 2.11 bits per heavy atom. The van der Waals surface area contributed by atoms with E-state index in [0.717, 1.165) is 19.1 Å². The fourth-order valence-electron chi connectivity index (χ4n) is 2.31. The molecule has 2 amide bonds. The highest BCUT2D eigenvalue weighted by molar-refractivity contribution is 5.85. The summed E-state index contributed by atoms with van der Waals surface area (Å²) < 4.78 is 0. The lowest BCUT2D eigenvalue weighted by atomic mass is 10.0. The number of nitrogens with zero attached hydrogens (tertiary/aromatic N) is 3. The van der Waals surface area contributed by atoms with Crippen molar-refractivity contribution in [3.05, 3.63) is 0 Å². The van der Waals surface area contributed by atoms with Crippen molar-refractivity contribution in [3.8, 4) is 0 Å². The first-order valence-corrected chi connectivity index (χ1v) is 6.84. The van der Waals surface area contributed by atoms with E-state index in [1.807, 2.05) is 0 Å². The standard InChI is InChI=1S/C13H23N3O3/c1-13(2,11(17)18)14(3)12(19)16-8-6-15(7-9-16)10-4-5-10/h10H,4-9H2,1-3H3,(H,17,18). The van der Waals surface area contributed by atoms with E-state index in [4.69, 9.17) is 5.11 Å². The molecule has 2 aliphatic rings. The molecule has 1 saturated carbocycles. The maximum Gasteiger partial charge on any atom is 0.329 e. The maximum atomic E-state index is 12.3. The molecule has 0 bridgehead atoms. The van der Waals surface area contributed by atoms with Gasteiger partial charge in [0.2, 0.25) is 0 Å². The highest BCUT2D eigenvalue weighted by atomic mass is 16.4. The Hall–Kier alpha value is -1.30. The molecule has 0 aromatic rings. The molecule has 0 atom stereocenters. The molecule has 108 valence electrons. The molecule has 1 aliphatic heterocycles. The van der Waals surface area contributed by atoms with E-state index in [9.17, 15) is 9.59 Å². The SMILES string of the molecule is CN(C(=O)N1CCN(C2CC2)CC1)C(C)(C)C(=O)O. The molecule has 1 N–H and O–H groups in total. The summed E-state index contributed by atoms with van der Waals surface area (Å²) in [4.78, 5) is 29.0. The number of carbonyl (C=O) groups excluding carboxylic acids is 1. The Morgan fingerprint density at radius 2 is 1.68 bits per heavy atom. The monoisotopic (exact) mass is 269 g/mol. The minimum Gasteiger partial charge on any atom is -0.480 e. The summed E-state index contributed by atoms with van der Waals surface area (Å²) in [5.74, 6) is -0.986. The van der Waals surface area contributed by atoms with Crippen molar-refractivity contribution in [3.63, 3.8) is 0 Å². The van der Waals surface area contributed by atoms with Crippen LogP contribution in [0, 0.1) is 0 Å². The van der Waals surface area contributed by atoms with Gasteiger partial charge in [-0.2, -0.15) is 0 Å². The second-order valence-corrected chi connectivity index (χ2v) is 5.96. The Morgan fingerprint density at radius 1 is 1.16 bits per heavy atom. The largest absolute Gasteiger partial charge is 0.480 e. The molecule has 6 heteroatoms. The Labute approximate surface area is 114 Å². The van der Waals surface area contributed by atoms with E-state index in [2.05, 4.69) is 4.90 Å². The third-order valence-electron chi connectivity index (χ3n) is 4.30. The minimum atomic E-state index is -1.18. The van der Waals surface area contributed by atoms with E-state index >= 15 is 0 Å². The molecule has 1 heterocycles. The second-order valence-electron chi connectivity index (χ2n) is 5.96. The van der Waals surface area contributed by atoms with E-state index in [-0.39, 0.29) is 6.03 Å². The topological polar surface area (TPSA) is 64.1 Å². The van der Waals surface area contributed by atoms with Crippen LogP contribution in [0.3, 0.4) is 0 Å². The van der Waals surface area contributed by atoms with Crippen molar-refractivity contribution < 1.29 is 14.7 Å². The van der Waals surface area contributed by atoms with Crippen LogP contribution in [0.4, 0.5) is 4.79 Å². The molecule has 1 saturated heterocycles. The molecule has 0 aromatic heterocycles. The van der Waals surface area contributed by atoms with Crippen LogP contribution in [0.25, 0.3) is 0 Å². The first-order valence-electron chi connectivity index (χ1n) is 6.84. The van der Waals surface area contributed by atoms with Crippen molar-refractivity contribution in [1.82, 2.24) is 14.7 Å². The number of hydrogen-bond acceptors (Lipinski definition) is 3. The summed E-state index contributed by atoms with van der Waals surface area (Å²) in [7, 11) is 1.56. The molecule has 1 aliphatic carbocycles. The Balaban J connectivity index is 1.91. The lowest BCUT2D eigenvalue weighted by Gasteiger charge is -2.40. The van der Waals surface area contributed by atoms with Gasteiger partial charge in [-0.25, -0.2) is 9.59 Å². The summed E-state index contributed by atoms with van der Waals surface area (Å²) in [6, 6.07) is 0.535. The number of carboxylic acid groups (broad SMARTS) is 1. The number of hydrogen-bond donors (Lipinski definition) is 1. The molecule has 0 unspecified atom stereocenters. The predicted octanol–water partition coefficient (Wildman–Crippen LogP) is 0.681. The molecule has 6 nitrogen and oxygen atoms in total. The van der Waals surface area contributed by atoms with Crippen LogP contribution in [0.2, 0.25) is 0 Å². The van der Waals surface area contributed by atoms with Gasteiger partial charge in [0.25, 0.3) is 0 Å². The minimum absolute atomic E-state index is 0.192. The van der Waals surface area contributed by atoms with Crippen LogP contribution < -0.4 is 0 Å². The summed E-state index contributed by atoms with van der Waals surface area (Å²) in [5.41, 5.74) is -1.18. The van der Waals surface area contributed by atoms with Crippen molar-refractivity contribution >= 4 is 12.0 Å². The zero-order valence-corrected chi connectivity index (χ0v) is 11.9. The quantitative estimate of drug-likeness (QED) is 0.818. The fraction of sp³-hybridized carbons (Fsp3) is 0.846. The highest BCUT2D eigenvalue weighted by Gasteiger charge is 2.39. The number of likely N-dealkylation sites (N-methyl/N-ethyl adjacent to an activating group) is 1. The van der Waals surface area contributed by atoms with Gasteiger partial charge in [-0.05, 0) is 26.7 Å². The van der Waals surface area contributed by atoms with Crippen LogP contribution in [0.5, 0.6) is 0 Å². The number of piperazine rings is 1. The number of aliphatic carboxylic acids is 1. The normalized spacial score (nSPS) is 21.3. The van der Waals surface area contributed by atoms with Crippen LogP contribution in [0.15, 0.2) is 0 Å². The average molecular weight is 269 g/mol. The molecular weight excluding hydrogens is 246 g/mol. The van der Waals surface area contributed by atoms with Gasteiger partial charge in [0.1, 0.15) is 5.54 Å². The third-order valence-corrected chi connectivity index (χ3v) is 4.30. The summed E-state index contributed by atoms with van der Waals surface area (Å²) in [6.45, 7) is 6.28. The van der Waals surface area contributed by atoms with Crippen molar-refractivity contribution in [1.29, 1.82) is 0 Å². The van der Waals surface area contributed by atoms with Gasteiger partial charge in [0.05, 0.1) is 0 Å². The van der Waals surface area contributed by atoms with Crippen LogP contribution in [-0.2, 0) is 4.79 Å². The summed E-state index contributed by atoms with van der Waals surface area (Å²) in [5, 5.41) is 9.16. The van der Waals surface area contributed by atoms with Crippen LogP contribution in [-0.4, -0.2) is 76.6 Å². The van der Waals surface area contributed by atoms with Gasteiger partial charge in [0.15, 0.2) is 0 Å². The lowest BCUT2D eigenvalue weighted by molar-refractivity contribution is -0.147. The van der Waals surface area contributed by atoms with Gasteiger partial charge in [-0.3, -0.25) is 4.90 Å². The smallest absolute Gasteiger partial charge is 0.329 e. The molecule has 0 aromatic carbocycles. The molecular formula is C13H23N3O3. The highest BCUT2D eigenvalue weighted by Crippen LogP contribution is 2.27. The van der Waals surface area contributed by atoms with Crippen LogP contribution >= 0.6 is 0 Å². The lowest BCUT2D eigenvalue weighted by Crippen LogP contribution is -2.58. The third kappa shape index (κ3) is 2.83. The summed E-state index contributed by atoms with van der Waals surface area (Å²) >= 11 is 0. The van der Waals surface area contributed by atoms with E-state index in [1.165, 1.54) is 17.7 Å². The van der Waals surface area contributed by atoms with E-state index in [0.29, 0.717) is 13.1 Å². The fourth-order valence-corrected chi connectivity index (χ4v) is 2.31. The number of amides is 2. The van der Waals surface area contributed by atoms with E-state index in [1.54, 1.807) is 25.8 Å². The predicted molar refractivity (Wildman–Crippen MR) is 71.0 cm³/mol. The summed E-state index contributed by atoms with van der Waals surface area (Å²) in [6.07, 6.45) is 2.56. The zero-order chi connectivity index (χ0) is 14.2. The Bertz CT molecular complexity index is 371. The van der Waals surface area contributed by atoms with Gasteiger partial charge in [0, 0.05) is 39.3 Å². The number of carbonyl (C=O) groups is 2.